The molecule has 1 saturated heterocycles. The monoisotopic (exact) mass is 443 g/mol. The molecule has 1 aliphatic rings. The highest BCUT2D eigenvalue weighted by atomic mass is 32.2. The first-order valence-electron chi connectivity index (χ1n) is 8.98. The molecule has 10 nitrogen and oxygen atoms in total. The van der Waals surface area contributed by atoms with Crippen LogP contribution in [0.25, 0.3) is 0 Å². The third-order valence-corrected chi connectivity index (χ3v) is 5.51. The number of nitrogens with zero attached hydrogens (tertiary/aromatic N) is 2. The van der Waals surface area contributed by atoms with Crippen molar-refractivity contribution < 1.29 is 33.8 Å². The molecule has 0 saturated carbocycles. The third-order valence-electron chi connectivity index (χ3n) is 4.31. The lowest BCUT2D eigenvalue weighted by Gasteiger charge is -2.11. The minimum atomic E-state index is -1.14. The van der Waals surface area contributed by atoms with Crippen molar-refractivity contribution in [3.63, 3.8) is 0 Å². The number of aromatic nitrogens is 1. The van der Waals surface area contributed by atoms with Gasteiger partial charge in [-0.2, -0.15) is 0 Å². The lowest BCUT2D eigenvalue weighted by atomic mass is 10.2. The number of thioether (sulfide) groups is 1. The van der Waals surface area contributed by atoms with Gasteiger partial charge in [-0.15, -0.1) is 0 Å². The Labute approximate surface area is 180 Å². The van der Waals surface area contributed by atoms with E-state index in [-0.39, 0.29) is 40.1 Å². The van der Waals surface area contributed by atoms with Crippen LogP contribution in [0, 0.1) is 0 Å². The number of carbonyl (C=O) groups excluding carboxylic acids is 4. The second-order valence-electron chi connectivity index (χ2n) is 6.47. The number of ether oxygens (including phenoxy) is 1. The molecule has 1 unspecified atom stereocenters. The minimum Gasteiger partial charge on any atom is -0.478 e. The van der Waals surface area contributed by atoms with Gasteiger partial charge in [0, 0.05) is 25.4 Å². The van der Waals surface area contributed by atoms with Crippen LogP contribution in [0.15, 0.2) is 47.6 Å². The zero-order valence-corrected chi connectivity index (χ0v) is 17.0. The van der Waals surface area contributed by atoms with Gasteiger partial charge in [0.1, 0.15) is 5.03 Å². The van der Waals surface area contributed by atoms with Gasteiger partial charge < -0.3 is 15.2 Å². The molecular formula is C20H17N3O7S. The van der Waals surface area contributed by atoms with E-state index in [0.717, 1.165) is 16.7 Å². The van der Waals surface area contributed by atoms with Crippen molar-refractivity contribution >= 4 is 47.1 Å². The molecule has 0 bridgehead atoms. The van der Waals surface area contributed by atoms with E-state index in [1.165, 1.54) is 49.6 Å². The van der Waals surface area contributed by atoms with Gasteiger partial charge in [-0.1, -0.05) is 17.8 Å². The van der Waals surface area contributed by atoms with Gasteiger partial charge in [0.2, 0.25) is 11.8 Å². The molecule has 31 heavy (non-hydrogen) atoms. The fourth-order valence-electron chi connectivity index (χ4n) is 2.72. The fraction of sp³-hybridized carbons (Fsp3) is 0.200. The van der Waals surface area contributed by atoms with Crippen LogP contribution in [0.2, 0.25) is 0 Å². The predicted molar refractivity (Wildman–Crippen MR) is 109 cm³/mol. The summed E-state index contributed by atoms with van der Waals surface area (Å²) in [6.45, 7) is -0.612. The van der Waals surface area contributed by atoms with Crippen LogP contribution in [0.1, 0.15) is 27.1 Å². The summed E-state index contributed by atoms with van der Waals surface area (Å²) >= 11 is 0.983. The van der Waals surface area contributed by atoms with Crippen LogP contribution in [-0.4, -0.2) is 63.6 Å². The predicted octanol–water partition coefficient (Wildman–Crippen LogP) is 1.42. The van der Waals surface area contributed by atoms with Gasteiger partial charge in [0.05, 0.1) is 16.4 Å². The number of likely N-dealkylation sites (tertiary alicyclic amines) is 1. The number of hydrogen-bond acceptors (Lipinski definition) is 8. The molecule has 160 valence electrons. The molecule has 2 N–H and O–H groups in total. The van der Waals surface area contributed by atoms with Gasteiger partial charge in [-0.25, -0.2) is 14.6 Å². The molecule has 0 spiro atoms. The van der Waals surface area contributed by atoms with Crippen molar-refractivity contribution in [2.75, 3.05) is 19.0 Å². The van der Waals surface area contributed by atoms with E-state index in [0.29, 0.717) is 0 Å². The molecule has 11 heteroatoms. The number of carbonyl (C=O) groups is 5. The second kappa shape index (κ2) is 9.39. The smallest absolute Gasteiger partial charge is 0.341 e. The van der Waals surface area contributed by atoms with Crippen molar-refractivity contribution in [1.82, 2.24) is 9.88 Å². The average Bonchev–Trinajstić information content (AvgIpc) is 2.99. The van der Waals surface area contributed by atoms with Crippen LogP contribution in [-0.2, 0) is 19.1 Å². The summed E-state index contributed by atoms with van der Waals surface area (Å²) in [5.41, 5.74) is 0.299. The van der Waals surface area contributed by atoms with Gasteiger partial charge in [0.15, 0.2) is 6.61 Å². The quantitative estimate of drug-likeness (QED) is 0.480. The Morgan fingerprint density at radius 1 is 1.26 bits per heavy atom. The summed E-state index contributed by atoms with van der Waals surface area (Å²) in [6, 6.07) is 8.56. The van der Waals surface area contributed by atoms with Crippen molar-refractivity contribution in [3.8, 4) is 0 Å². The van der Waals surface area contributed by atoms with Crippen LogP contribution in [0.4, 0.5) is 5.69 Å². The van der Waals surface area contributed by atoms with Gasteiger partial charge >= 0.3 is 11.9 Å². The number of hydrogen-bond donors (Lipinski definition) is 2. The highest BCUT2D eigenvalue weighted by Gasteiger charge is 2.37. The van der Waals surface area contributed by atoms with E-state index in [1.54, 1.807) is 0 Å². The van der Waals surface area contributed by atoms with E-state index < -0.39 is 29.7 Å². The highest BCUT2D eigenvalue weighted by Crippen LogP contribution is 2.31. The normalized spacial score (nSPS) is 15.6. The Hall–Kier alpha value is -3.73. The molecule has 2 aromatic rings. The average molecular weight is 443 g/mol. The largest absolute Gasteiger partial charge is 0.478 e. The van der Waals surface area contributed by atoms with Crippen LogP contribution < -0.4 is 5.32 Å². The molecule has 1 aliphatic heterocycles. The van der Waals surface area contributed by atoms with Gasteiger partial charge in [-0.05, 0) is 30.3 Å². The number of rotatable bonds is 7. The number of carboxylic acid groups (broad SMARTS) is 1. The summed E-state index contributed by atoms with van der Waals surface area (Å²) in [7, 11) is 1.39. The molecule has 3 amide bonds. The number of aromatic carboxylic acids is 1. The molecule has 1 fully saturated rings. The maximum Gasteiger partial charge on any atom is 0.341 e. The van der Waals surface area contributed by atoms with Crippen LogP contribution in [0.3, 0.4) is 0 Å². The maximum absolute atomic E-state index is 12.5. The first-order valence-corrected chi connectivity index (χ1v) is 9.86. The topological polar surface area (TPSA) is 143 Å². The van der Waals surface area contributed by atoms with Crippen molar-refractivity contribution in [3.05, 3.63) is 53.7 Å². The van der Waals surface area contributed by atoms with Crippen LogP contribution >= 0.6 is 11.8 Å². The van der Waals surface area contributed by atoms with Crippen molar-refractivity contribution in [1.29, 1.82) is 0 Å². The molecule has 0 aliphatic carbocycles. The standard InChI is InChI=1S/C20H17N3O7S/c1-23-16(25)9-14(18(23)26)31-17-13(6-3-7-21-17)20(29)30-10-15(24)22-12-5-2-4-11(8-12)19(27)28/h2-8,14H,9-10H2,1H3,(H,22,24)(H,27,28). The number of benzene rings is 1. The molecular weight excluding hydrogens is 426 g/mol. The zero-order valence-electron chi connectivity index (χ0n) is 16.2. The SMILES string of the molecule is CN1C(=O)CC(Sc2ncccc2C(=O)OCC(=O)Nc2cccc(C(=O)O)c2)C1=O. The Kier molecular flexibility index (Phi) is 6.65. The first-order chi connectivity index (χ1) is 14.8. The number of imide groups is 1. The van der Waals surface area contributed by atoms with E-state index >= 15 is 0 Å². The number of pyridine rings is 1. The summed E-state index contributed by atoms with van der Waals surface area (Å²) in [5, 5.41) is 11.0. The van der Waals surface area contributed by atoms with E-state index in [2.05, 4.69) is 10.3 Å². The van der Waals surface area contributed by atoms with Gasteiger partial charge in [-0.3, -0.25) is 19.3 Å². The van der Waals surface area contributed by atoms with Crippen molar-refractivity contribution in [2.24, 2.45) is 0 Å². The number of carboxylic acids is 1. The summed E-state index contributed by atoms with van der Waals surface area (Å²) in [4.78, 5) is 64.4. The van der Waals surface area contributed by atoms with Crippen LogP contribution in [0.5, 0.6) is 0 Å². The lowest BCUT2D eigenvalue weighted by molar-refractivity contribution is -0.136. The molecule has 1 aromatic carbocycles. The molecule has 3 rings (SSSR count). The Balaban J connectivity index is 1.61. The zero-order chi connectivity index (χ0) is 22.5. The molecule has 2 heterocycles. The van der Waals surface area contributed by atoms with E-state index in [4.69, 9.17) is 9.84 Å². The highest BCUT2D eigenvalue weighted by molar-refractivity contribution is 8.00. The van der Waals surface area contributed by atoms with E-state index in [9.17, 15) is 24.0 Å². The molecule has 1 aromatic heterocycles. The Bertz CT molecular complexity index is 1070. The number of nitrogens with one attached hydrogen (secondary N) is 1. The first kappa shape index (κ1) is 22.0. The summed E-state index contributed by atoms with van der Waals surface area (Å²) in [5.74, 6) is -3.31. The van der Waals surface area contributed by atoms with Gasteiger partial charge in [0.25, 0.3) is 5.91 Å². The fourth-order valence-corrected chi connectivity index (χ4v) is 3.88. The Morgan fingerprint density at radius 2 is 2.03 bits per heavy atom. The minimum absolute atomic E-state index is 0.00240. The third kappa shape index (κ3) is 5.25. The number of esters is 1. The molecule has 0 radical (unpaired) electrons. The maximum atomic E-state index is 12.5. The molecule has 1 atom stereocenters. The summed E-state index contributed by atoms with van der Waals surface area (Å²) < 4.78 is 5.03. The summed E-state index contributed by atoms with van der Waals surface area (Å²) in [6.07, 6.45) is 1.44. The second-order valence-corrected chi connectivity index (χ2v) is 7.66. The van der Waals surface area contributed by atoms with E-state index in [1.807, 2.05) is 0 Å². The number of amides is 3. The lowest BCUT2D eigenvalue weighted by Crippen LogP contribution is -2.26. The van der Waals surface area contributed by atoms with Crippen molar-refractivity contribution in [2.45, 2.75) is 16.7 Å². The Morgan fingerprint density at radius 3 is 2.71 bits per heavy atom. The number of anilines is 1.